The van der Waals surface area contributed by atoms with Gasteiger partial charge in [0, 0.05) is 0 Å². The second-order valence-corrected chi connectivity index (χ2v) is 9.43. The molecule has 0 aromatic carbocycles. The van der Waals surface area contributed by atoms with E-state index in [0.717, 1.165) is 38.5 Å². The lowest BCUT2D eigenvalue weighted by Crippen LogP contribution is -2.02. The number of rotatable bonds is 15. The summed E-state index contributed by atoms with van der Waals surface area (Å²) in [6.07, 6.45) is 23.7. The van der Waals surface area contributed by atoms with Gasteiger partial charge in [-0.15, -0.1) is 6.58 Å². The Morgan fingerprint density at radius 1 is 0.690 bits per heavy atom. The molecule has 1 atom stereocenters. The number of allylic oxidation sites excluding steroid dienone is 9. The van der Waals surface area contributed by atoms with E-state index >= 15 is 0 Å². The highest BCUT2D eigenvalue weighted by molar-refractivity contribution is 5.07. The fraction of sp³-hybridized carbons (Fsp3) is 0.643. The molecule has 1 heteroatoms. The molecule has 1 nitrogen and oxygen atoms in total. The minimum absolute atomic E-state index is 0.132. The molecule has 0 spiro atoms. The van der Waals surface area contributed by atoms with E-state index in [9.17, 15) is 0 Å². The van der Waals surface area contributed by atoms with Crippen LogP contribution >= 0.6 is 0 Å². The van der Waals surface area contributed by atoms with Gasteiger partial charge in [-0.05, 0) is 106 Å². The normalized spacial score (nSPS) is 20.1. The Kier molecular flexibility index (Phi) is 12.2. The van der Waals surface area contributed by atoms with Crippen LogP contribution in [0.1, 0.15) is 106 Å². The number of hydrogen-bond donors (Lipinski definition) is 0. The van der Waals surface area contributed by atoms with Crippen molar-refractivity contribution in [2.75, 3.05) is 0 Å². The van der Waals surface area contributed by atoms with Crippen LogP contribution in [0.3, 0.4) is 0 Å². The molecular formula is C28H46O. The maximum Gasteiger partial charge on any atom is 0.0892 e. The van der Waals surface area contributed by atoms with Crippen LogP contribution in [0.5, 0.6) is 0 Å². The van der Waals surface area contributed by atoms with Crippen LogP contribution < -0.4 is 0 Å². The van der Waals surface area contributed by atoms with Crippen molar-refractivity contribution in [3.63, 3.8) is 0 Å². The second kappa shape index (κ2) is 13.8. The molecule has 0 saturated carbocycles. The van der Waals surface area contributed by atoms with Crippen LogP contribution in [0.4, 0.5) is 0 Å². The van der Waals surface area contributed by atoms with Crippen molar-refractivity contribution in [1.29, 1.82) is 0 Å². The summed E-state index contributed by atoms with van der Waals surface area (Å²) in [7, 11) is 0. The third-order valence-corrected chi connectivity index (χ3v) is 5.92. The SMILES string of the molecule is C=CCC/C(C)=C/CC/C(C)=C/CC/C=C(\C)CC/C=C(\C)CCC1OC1(C)C. The highest BCUT2D eigenvalue weighted by Crippen LogP contribution is 2.38. The van der Waals surface area contributed by atoms with Crippen LogP contribution in [-0.2, 0) is 4.74 Å². The quantitative estimate of drug-likeness (QED) is 0.152. The standard InChI is InChI=1S/C28H46O/c1-8-9-14-23(2)17-12-18-24(3)15-10-11-16-25(4)19-13-20-26(5)21-22-27-28(6,7)29-27/h8,15-17,20,27H,1,9-14,18-19,21-22H2,2-7H3/b23-17+,24-15+,25-16+,26-20+. The van der Waals surface area contributed by atoms with E-state index < -0.39 is 0 Å². The molecule has 0 amide bonds. The molecule has 0 N–H and O–H groups in total. The number of epoxide rings is 1. The highest BCUT2D eigenvalue weighted by Gasteiger charge is 2.46. The van der Waals surface area contributed by atoms with Gasteiger partial charge in [0.05, 0.1) is 11.7 Å². The van der Waals surface area contributed by atoms with Crippen LogP contribution in [0, 0.1) is 0 Å². The van der Waals surface area contributed by atoms with E-state index in [-0.39, 0.29) is 5.60 Å². The summed E-state index contributed by atoms with van der Waals surface area (Å²) in [5, 5.41) is 0. The number of ether oxygens (including phenoxy) is 1. The van der Waals surface area contributed by atoms with Gasteiger partial charge < -0.3 is 4.74 Å². The predicted molar refractivity (Wildman–Crippen MR) is 130 cm³/mol. The zero-order valence-electron chi connectivity index (χ0n) is 20.2. The van der Waals surface area contributed by atoms with Gasteiger partial charge >= 0.3 is 0 Å². The van der Waals surface area contributed by atoms with E-state index in [4.69, 9.17) is 4.74 Å². The highest BCUT2D eigenvalue weighted by atomic mass is 16.6. The average Bonchev–Trinajstić information content (AvgIpc) is 3.28. The van der Waals surface area contributed by atoms with Gasteiger partial charge in [0.15, 0.2) is 0 Å². The van der Waals surface area contributed by atoms with Gasteiger partial charge in [-0.2, -0.15) is 0 Å². The summed E-state index contributed by atoms with van der Waals surface area (Å²) >= 11 is 0. The maximum absolute atomic E-state index is 5.67. The van der Waals surface area contributed by atoms with Gasteiger partial charge in [-0.1, -0.05) is 52.7 Å². The molecule has 1 rings (SSSR count). The van der Waals surface area contributed by atoms with E-state index in [1.54, 1.807) is 0 Å². The van der Waals surface area contributed by atoms with Gasteiger partial charge in [0.25, 0.3) is 0 Å². The molecule has 1 aliphatic rings. The van der Waals surface area contributed by atoms with Crippen molar-refractivity contribution < 1.29 is 4.74 Å². The Labute approximate surface area is 181 Å². The zero-order chi connectivity index (χ0) is 21.7. The first-order valence-electron chi connectivity index (χ1n) is 11.7. The smallest absolute Gasteiger partial charge is 0.0892 e. The minimum Gasteiger partial charge on any atom is -0.367 e. The summed E-state index contributed by atoms with van der Waals surface area (Å²) in [5.41, 5.74) is 6.17. The molecule has 1 unspecified atom stereocenters. The lowest BCUT2D eigenvalue weighted by Gasteiger charge is -2.03. The van der Waals surface area contributed by atoms with Crippen LogP contribution in [0.2, 0.25) is 0 Å². The minimum atomic E-state index is 0.132. The zero-order valence-corrected chi connectivity index (χ0v) is 20.2. The first-order valence-corrected chi connectivity index (χ1v) is 11.7. The monoisotopic (exact) mass is 398 g/mol. The van der Waals surface area contributed by atoms with Crippen LogP contribution in [-0.4, -0.2) is 11.7 Å². The van der Waals surface area contributed by atoms with Crippen molar-refractivity contribution in [3.8, 4) is 0 Å². The average molecular weight is 399 g/mol. The number of hydrogen-bond acceptors (Lipinski definition) is 1. The van der Waals surface area contributed by atoms with E-state index in [2.05, 4.69) is 72.4 Å². The van der Waals surface area contributed by atoms with Gasteiger partial charge in [-0.25, -0.2) is 0 Å². The molecule has 0 aromatic heterocycles. The van der Waals surface area contributed by atoms with Crippen molar-refractivity contribution in [2.24, 2.45) is 0 Å². The predicted octanol–water partition coefficient (Wildman–Crippen LogP) is 9.04. The van der Waals surface area contributed by atoms with Crippen LogP contribution in [0.15, 0.2) is 59.3 Å². The second-order valence-electron chi connectivity index (χ2n) is 9.43. The third-order valence-electron chi connectivity index (χ3n) is 5.92. The molecule has 164 valence electrons. The first kappa shape index (κ1) is 25.7. The molecule has 1 saturated heterocycles. The maximum atomic E-state index is 5.67. The van der Waals surface area contributed by atoms with Gasteiger partial charge in [0.2, 0.25) is 0 Å². The molecule has 0 bridgehead atoms. The topological polar surface area (TPSA) is 12.5 Å². The molecule has 1 heterocycles. The third kappa shape index (κ3) is 12.7. The van der Waals surface area contributed by atoms with Gasteiger partial charge in [0.1, 0.15) is 0 Å². The molecule has 0 aliphatic carbocycles. The Balaban J connectivity index is 2.15. The summed E-state index contributed by atoms with van der Waals surface area (Å²) in [5.74, 6) is 0. The number of unbranched alkanes of at least 4 members (excludes halogenated alkanes) is 1. The van der Waals surface area contributed by atoms with Crippen molar-refractivity contribution >= 4 is 0 Å². The first-order chi connectivity index (χ1) is 13.7. The van der Waals surface area contributed by atoms with Crippen LogP contribution in [0.25, 0.3) is 0 Å². The molecule has 29 heavy (non-hydrogen) atoms. The van der Waals surface area contributed by atoms with E-state index in [1.165, 1.54) is 48.0 Å². The Bertz CT molecular complexity index is 612. The summed E-state index contributed by atoms with van der Waals surface area (Å²) in [6.45, 7) is 17.2. The molecule has 1 fully saturated rings. The molecule has 1 aliphatic heterocycles. The fourth-order valence-corrected chi connectivity index (χ4v) is 3.59. The largest absolute Gasteiger partial charge is 0.367 e. The molecule has 0 radical (unpaired) electrons. The van der Waals surface area contributed by atoms with Gasteiger partial charge in [-0.3, -0.25) is 0 Å². The lowest BCUT2D eigenvalue weighted by atomic mass is 10.0. The van der Waals surface area contributed by atoms with Crippen molar-refractivity contribution in [3.05, 3.63) is 59.3 Å². The molecule has 0 aromatic rings. The lowest BCUT2D eigenvalue weighted by molar-refractivity contribution is 0.320. The Morgan fingerprint density at radius 2 is 1.07 bits per heavy atom. The summed E-state index contributed by atoms with van der Waals surface area (Å²) < 4.78 is 5.67. The Morgan fingerprint density at radius 3 is 1.48 bits per heavy atom. The van der Waals surface area contributed by atoms with Crippen molar-refractivity contribution in [2.45, 2.75) is 117 Å². The fourth-order valence-electron chi connectivity index (χ4n) is 3.59. The van der Waals surface area contributed by atoms with E-state index in [1.807, 2.05) is 6.08 Å². The summed E-state index contributed by atoms with van der Waals surface area (Å²) in [4.78, 5) is 0. The van der Waals surface area contributed by atoms with E-state index in [0.29, 0.717) is 6.10 Å². The summed E-state index contributed by atoms with van der Waals surface area (Å²) in [6, 6.07) is 0. The Hall–Kier alpha value is -1.34. The molecular weight excluding hydrogens is 352 g/mol. The van der Waals surface area contributed by atoms with Crippen molar-refractivity contribution in [1.82, 2.24) is 0 Å².